The minimum Gasteiger partial charge on any atom is -0.334 e. The second-order valence-corrected chi connectivity index (χ2v) is 6.51. The van der Waals surface area contributed by atoms with Crippen LogP contribution in [0.1, 0.15) is 18.4 Å². The molecule has 0 spiro atoms. The third-order valence-corrected chi connectivity index (χ3v) is 4.76. The fourth-order valence-corrected chi connectivity index (χ4v) is 3.34. The Morgan fingerprint density at radius 2 is 2.14 bits per heavy atom. The molecule has 1 saturated carbocycles. The molecule has 1 aromatic rings. The molecule has 118 valence electrons. The number of carbonyl (C=O) groups excluding carboxylic acids is 2. The Morgan fingerprint density at radius 3 is 2.73 bits per heavy atom. The van der Waals surface area contributed by atoms with Gasteiger partial charge in [0.1, 0.15) is 18.2 Å². The molecule has 0 N–H and O–H groups in total. The molecule has 0 radical (unpaired) electrons. The summed E-state index contributed by atoms with van der Waals surface area (Å²) in [4.78, 5) is 27.2. The molecule has 0 aromatic heterocycles. The zero-order chi connectivity index (χ0) is 15.7. The summed E-state index contributed by atoms with van der Waals surface area (Å²) < 4.78 is 26.7. The minimum atomic E-state index is -0.647. The molecule has 2 fully saturated rings. The van der Waals surface area contributed by atoms with Crippen molar-refractivity contribution in [3.8, 4) is 0 Å². The largest absolute Gasteiger partial charge is 0.334 e. The predicted octanol–water partition coefficient (Wildman–Crippen LogP) is 1.99. The number of nitrogens with zero attached hydrogens (tertiary/aromatic N) is 2. The van der Waals surface area contributed by atoms with Gasteiger partial charge in [0.15, 0.2) is 0 Å². The molecule has 22 heavy (non-hydrogen) atoms. The number of benzene rings is 1. The van der Waals surface area contributed by atoms with Gasteiger partial charge in [-0.3, -0.25) is 9.59 Å². The molecule has 3 rings (SSSR count). The van der Waals surface area contributed by atoms with E-state index in [1.54, 1.807) is 4.90 Å². The maximum Gasteiger partial charge on any atom is 0.242 e. The van der Waals surface area contributed by atoms with Crippen LogP contribution in [-0.2, 0) is 16.1 Å². The van der Waals surface area contributed by atoms with Crippen LogP contribution in [0.15, 0.2) is 18.2 Å². The van der Waals surface area contributed by atoms with Gasteiger partial charge in [-0.2, -0.15) is 0 Å². The molecular formula is C15H16F2N2O2S. The van der Waals surface area contributed by atoms with E-state index in [4.69, 9.17) is 0 Å². The lowest BCUT2D eigenvalue weighted by molar-refractivity contribution is -0.138. The fraction of sp³-hybridized carbons (Fsp3) is 0.467. The lowest BCUT2D eigenvalue weighted by Gasteiger charge is -2.25. The van der Waals surface area contributed by atoms with E-state index in [9.17, 15) is 18.4 Å². The highest BCUT2D eigenvalue weighted by molar-refractivity contribution is 8.00. The van der Waals surface area contributed by atoms with Gasteiger partial charge in [0.05, 0.1) is 11.6 Å². The smallest absolute Gasteiger partial charge is 0.242 e. The van der Waals surface area contributed by atoms with Crippen molar-refractivity contribution in [2.24, 2.45) is 0 Å². The van der Waals surface area contributed by atoms with E-state index in [1.807, 2.05) is 0 Å². The van der Waals surface area contributed by atoms with Gasteiger partial charge < -0.3 is 9.80 Å². The van der Waals surface area contributed by atoms with Gasteiger partial charge in [0.2, 0.25) is 11.8 Å². The van der Waals surface area contributed by atoms with Crippen LogP contribution in [0.4, 0.5) is 8.78 Å². The number of thioether (sulfide) groups is 1. The summed E-state index contributed by atoms with van der Waals surface area (Å²) in [6.45, 7) is 0.149. The van der Waals surface area contributed by atoms with Gasteiger partial charge in [-0.05, 0) is 18.9 Å². The maximum absolute atomic E-state index is 13.8. The first-order chi connectivity index (χ1) is 10.5. The van der Waals surface area contributed by atoms with Crippen molar-refractivity contribution in [1.82, 2.24) is 9.80 Å². The predicted molar refractivity (Wildman–Crippen MR) is 79.0 cm³/mol. The lowest BCUT2D eigenvalue weighted by atomic mass is 10.2. The SMILES string of the molecule is O=C1CSCN1CC(=O)N(Cc1ccc(F)cc1F)C1CC1. The molecule has 1 saturated heterocycles. The van der Waals surface area contributed by atoms with E-state index in [1.165, 1.54) is 28.8 Å². The molecule has 0 bridgehead atoms. The summed E-state index contributed by atoms with van der Waals surface area (Å²) >= 11 is 1.48. The summed E-state index contributed by atoms with van der Waals surface area (Å²) in [6, 6.07) is 3.48. The Hall–Kier alpha value is -1.63. The molecule has 7 heteroatoms. The molecule has 4 nitrogen and oxygen atoms in total. The molecule has 1 heterocycles. The van der Waals surface area contributed by atoms with Gasteiger partial charge in [0, 0.05) is 24.2 Å². The van der Waals surface area contributed by atoms with Crippen molar-refractivity contribution < 1.29 is 18.4 Å². The van der Waals surface area contributed by atoms with Crippen LogP contribution in [0.25, 0.3) is 0 Å². The highest BCUT2D eigenvalue weighted by atomic mass is 32.2. The molecular weight excluding hydrogens is 310 g/mol. The summed E-state index contributed by atoms with van der Waals surface area (Å²) in [5.74, 6) is -0.572. The summed E-state index contributed by atoms with van der Waals surface area (Å²) in [5, 5.41) is 0. The van der Waals surface area contributed by atoms with E-state index in [0.717, 1.165) is 18.9 Å². The van der Waals surface area contributed by atoms with Crippen molar-refractivity contribution in [3.05, 3.63) is 35.4 Å². The van der Waals surface area contributed by atoms with Crippen molar-refractivity contribution in [3.63, 3.8) is 0 Å². The van der Waals surface area contributed by atoms with Crippen molar-refractivity contribution >= 4 is 23.6 Å². The Bertz CT molecular complexity index is 607. The highest BCUT2D eigenvalue weighted by Crippen LogP contribution is 2.29. The molecule has 1 aliphatic carbocycles. The molecule has 2 amide bonds. The zero-order valence-electron chi connectivity index (χ0n) is 11.9. The highest BCUT2D eigenvalue weighted by Gasteiger charge is 2.34. The van der Waals surface area contributed by atoms with Crippen molar-refractivity contribution in [1.29, 1.82) is 0 Å². The second kappa shape index (κ2) is 6.24. The Balaban J connectivity index is 1.69. The van der Waals surface area contributed by atoms with Crippen LogP contribution in [0.5, 0.6) is 0 Å². The van der Waals surface area contributed by atoms with E-state index < -0.39 is 11.6 Å². The zero-order valence-corrected chi connectivity index (χ0v) is 12.7. The number of carbonyl (C=O) groups is 2. The van der Waals surface area contributed by atoms with Crippen molar-refractivity contribution in [2.45, 2.75) is 25.4 Å². The number of halogens is 2. The maximum atomic E-state index is 13.8. The van der Waals surface area contributed by atoms with E-state index in [0.29, 0.717) is 17.2 Å². The van der Waals surface area contributed by atoms with Crippen LogP contribution in [0, 0.1) is 11.6 Å². The lowest BCUT2D eigenvalue weighted by Crippen LogP contribution is -2.42. The van der Waals surface area contributed by atoms with Gasteiger partial charge in [-0.1, -0.05) is 6.07 Å². The summed E-state index contributed by atoms with van der Waals surface area (Å²) in [6.07, 6.45) is 1.77. The molecule has 0 unspecified atom stereocenters. The van der Waals surface area contributed by atoms with E-state index in [-0.39, 0.29) is 30.9 Å². The van der Waals surface area contributed by atoms with Gasteiger partial charge in [-0.25, -0.2) is 8.78 Å². The van der Waals surface area contributed by atoms with Crippen LogP contribution in [0.3, 0.4) is 0 Å². The first-order valence-electron chi connectivity index (χ1n) is 7.13. The molecule has 1 aliphatic heterocycles. The Kier molecular flexibility index (Phi) is 4.33. The fourth-order valence-electron chi connectivity index (χ4n) is 2.43. The molecule has 1 aromatic carbocycles. The average Bonchev–Trinajstić information content (AvgIpc) is 3.23. The third-order valence-electron chi connectivity index (χ3n) is 3.82. The van der Waals surface area contributed by atoms with Crippen LogP contribution in [0.2, 0.25) is 0 Å². The first-order valence-corrected chi connectivity index (χ1v) is 8.29. The van der Waals surface area contributed by atoms with Crippen molar-refractivity contribution in [2.75, 3.05) is 18.2 Å². The molecule has 0 atom stereocenters. The standard InChI is InChI=1S/C15H16F2N2O2S/c16-11-2-1-10(13(17)5-11)6-19(12-3-4-12)14(20)7-18-9-22-8-15(18)21/h1-2,5,12H,3-4,6-9H2. The number of hydrogen-bond donors (Lipinski definition) is 0. The van der Waals surface area contributed by atoms with Gasteiger partial charge in [-0.15, -0.1) is 11.8 Å². The second-order valence-electron chi connectivity index (χ2n) is 5.56. The molecule has 2 aliphatic rings. The summed E-state index contributed by atoms with van der Waals surface area (Å²) in [7, 11) is 0. The quantitative estimate of drug-likeness (QED) is 0.831. The average molecular weight is 326 g/mol. The monoisotopic (exact) mass is 326 g/mol. The Labute approximate surface area is 131 Å². The number of hydrogen-bond acceptors (Lipinski definition) is 3. The van der Waals surface area contributed by atoms with Crippen LogP contribution in [-0.4, -0.2) is 45.8 Å². The van der Waals surface area contributed by atoms with Gasteiger partial charge in [0.25, 0.3) is 0 Å². The minimum absolute atomic E-state index is 0.0329. The Morgan fingerprint density at radius 1 is 1.36 bits per heavy atom. The van der Waals surface area contributed by atoms with E-state index >= 15 is 0 Å². The van der Waals surface area contributed by atoms with Gasteiger partial charge >= 0.3 is 0 Å². The topological polar surface area (TPSA) is 40.6 Å². The first kappa shape index (κ1) is 15.3. The van der Waals surface area contributed by atoms with E-state index in [2.05, 4.69) is 0 Å². The number of amides is 2. The summed E-state index contributed by atoms with van der Waals surface area (Å²) in [5.41, 5.74) is 0.295. The third kappa shape index (κ3) is 3.40. The number of rotatable bonds is 5. The van der Waals surface area contributed by atoms with Crippen LogP contribution < -0.4 is 0 Å². The normalized spacial score (nSPS) is 17.9. The van der Waals surface area contributed by atoms with Crippen LogP contribution >= 0.6 is 11.8 Å².